The van der Waals surface area contributed by atoms with Crippen molar-refractivity contribution in [1.29, 1.82) is 0 Å². The van der Waals surface area contributed by atoms with Crippen molar-refractivity contribution in [3.05, 3.63) is 16.6 Å². The molecule has 2 heterocycles. The van der Waals surface area contributed by atoms with Gasteiger partial charge in [-0.25, -0.2) is 9.36 Å². The van der Waals surface area contributed by atoms with E-state index >= 15 is 0 Å². The first-order chi connectivity index (χ1) is 11.5. The maximum atomic E-state index is 13.1. The van der Waals surface area contributed by atoms with E-state index in [9.17, 15) is 9.59 Å². The van der Waals surface area contributed by atoms with Crippen molar-refractivity contribution in [3.63, 3.8) is 0 Å². The maximum absolute atomic E-state index is 13.1. The second-order valence-electron chi connectivity index (χ2n) is 8.18. The van der Waals surface area contributed by atoms with Crippen LogP contribution in [0.2, 0.25) is 0 Å². The quantitative estimate of drug-likeness (QED) is 0.849. The molecule has 126 valence electrons. The number of carbonyl (C=O) groups is 1. The lowest BCUT2D eigenvalue weighted by Gasteiger charge is -2.55. The predicted octanol–water partition coefficient (Wildman–Crippen LogP) is 1.31. The van der Waals surface area contributed by atoms with Gasteiger partial charge in [0.15, 0.2) is 11.4 Å². The number of aryl methyl sites for hydroxylation is 1. The van der Waals surface area contributed by atoms with Crippen LogP contribution in [0.25, 0.3) is 11.0 Å². The number of Topliss-reactive ketones (excluding diaryl/α,β-unsaturated/α-hetero) is 1. The highest BCUT2D eigenvalue weighted by molar-refractivity contribution is 5.85. The van der Waals surface area contributed by atoms with Gasteiger partial charge >= 0.3 is 0 Å². The molecule has 0 atom stereocenters. The van der Waals surface area contributed by atoms with E-state index in [0.717, 1.165) is 19.3 Å². The molecule has 7 heteroatoms. The Morgan fingerprint density at radius 1 is 1.21 bits per heavy atom. The summed E-state index contributed by atoms with van der Waals surface area (Å²) in [4.78, 5) is 25.7. The molecule has 4 saturated carbocycles. The zero-order valence-corrected chi connectivity index (χ0v) is 13.8. The largest absolute Gasteiger partial charge is 0.297 e. The highest BCUT2D eigenvalue weighted by atomic mass is 16.1. The van der Waals surface area contributed by atoms with Gasteiger partial charge in [-0.3, -0.25) is 9.59 Å². The van der Waals surface area contributed by atoms with Crippen LogP contribution in [0.3, 0.4) is 0 Å². The lowest BCUT2D eigenvalue weighted by molar-refractivity contribution is -0.144. The van der Waals surface area contributed by atoms with Crippen molar-refractivity contribution < 1.29 is 4.79 Å². The average Bonchev–Trinajstić information content (AvgIpc) is 2.91. The van der Waals surface area contributed by atoms with Crippen LogP contribution >= 0.6 is 0 Å². The van der Waals surface area contributed by atoms with E-state index in [1.54, 1.807) is 7.05 Å². The molecule has 4 bridgehead atoms. The lowest BCUT2D eigenvalue weighted by Crippen LogP contribution is -2.51. The van der Waals surface area contributed by atoms with Crippen LogP contribution < -0.4 is 5.56 Å². The molecule has 0 aliphatic heterocycles. The monoisotopic (exact) mass is 327 g/mol. The predicted molar refractivity (Wildman–Crippen MR) is 86.2 cm³/mol. The van der Waals surface area contributed by atoms with E-state index in [4.69, 9.17) is 0 Å². The van der Waals surface area contributed by atoms with Crippen molar-refractivity contribution in [2.75, 3.05) is 0 Å². The average molecular weight is 327 g/mol. The van der Waals surface area contributed by atoms with Crippen LogP contribution in [-0.4, -0.2) is 30.6 Å². The number of fused-ring (bicyclic) bond motifs is 1. The highest BCUT2D eigenvalue weighted by Crippen LogP contribution is 2.60. The van der Waals surface area contributed by atoms with E-state index in [0.29, 0.717) is 28.8 Å². The fourth-order valence-electron chi connectivity index (χ4n) is 5.84. The van der Waals surface area contributed by atoms with E-state index in [-0.39, 0.29) is 23.3 Å². The number of carbonyl (C=O) groups excluding carboxylic acids is 1. The molecule has 0 unspecified atom stereocenters. The molecular formula is C17H21N5O2. The summed E-state index contributed by atoms with van der Waals surface area (Å²) in [5.41, 5.74) is -0.0237. The molecule has 0 N–H and O–H groups in total. The minimum absolute atomic E-state index is 0.0445. The van der Waals surface area contributed by atoms with Crippen molar-refractivity contribution in [2.24, 2.45) is 30.2 Å². The minimum Gasteiger partial charge on any atom is -0.297 e. The van der Waals surface area contributed by atoms with Crippen LogP contribution in [0.15, 0.2) is 11.0 Å². The highest BCUT2D eigenvalue weighted by Gasteiger charge is 2.54. The standard InChI is InChI=1S/C17H21N5O2/c1-21-15-13(8-18-21)16(24)22(20-19-15)9-14(23)17-5-10-2-11(6-17)4-12(3-10)7-17/h8,10-12H,2-7,9H2,1H3. The third-order valence-corrected chi connectivity index (χ3v) is 6.54. The fourth-order valence-corrected chi connectivity index (χ4v) is 5.84. The topological polar surface area (TPSA) is 82.7 Å². The van der Waals surface area contributed by atoms with Gasteiger partial charge < -0.3 is 0 Å². The molecule has 0 aromatic carbocycles. The van der Waals surface area contributed by atoms with Gasteiger partial charge in [0.05, 0.1) is 6.20 Å². The van der Waals surface area contributed by atoms with Crippen molar-refractivity contribution in [3.8, 4) is 0 Å². The zero-order chi connectivity index (χ0) is 16.5. The van der Waals surface area contributed by atoms with E-state index in [1.165, 1.54) is 34.8 Å². The molecule has 2 aromatic heterocycles. The fraction of sp³-hybridized carbons (Fsp3) is 0.706. The van der Waals surface area contributed by atoms with Crippen LogP contribution in [0.5, 0.6) is 0 Å². The minimum atomic E-state index is -0.272. The van der Waals surface area contributed by atoms with Crippen molar-refractivity contribution >= 4 is 16.8 Å². The smallest absolute Gasteiger partial charge is 0.281 e. The number of hydrogen-bond acceptors (Lipinski definition) is 5. The summed E-state index contributed by atoms with van der Waals surface area (Å²) in [6.45, 7) is 0.0445. The summed E-state index contributed by atoms with van der Waals surface area (Å²) in [5, 5.41) is 12.5. The van der Waals surface area contributed by atoms with Gasteiger partial charge in [0.25, 0.3) is 5.56 Å². The molecule has 24 heavy (non-hydrogen) atoms. The first kappa shape index (κ1) is 14.3. The molecule has 6 rings (SSSR count). The van der Waals surface area contributed by atoms with Crippen LogP contribution in [0.1, 0.15) is 38.5 Å². The van der Waals surface area contributed by atoms with Gasteiger partial charge in [-0.15, -0.1) is 5.10 Å². The Morgan fingerprint density at radius 3 is 2.46 bits per heavy atom. The Kier molecular flexibility index (Phi) is 2.82. The molecule has 4 aliphatic carbocycles. The second kappa shape index (κ2) is 4.74. The Labute approximate surface area is 139 Å². The van der Waals surface area contributed by atoms with Gasteiger partial charge in [0, 0.05) is 12.5 Å². The first-order valence-electron chi connectivity index (χ1n) is 8.83. The van der Waals surface area contributed by atoms with E-state index in [1.807, 2.05) is 0 Å². The Balaban J connectivity index is 1.47. The van der Waals surface area contributed by atoms with Crippen LogP contribution in [0.4, 0.5) is 0 Å². The summed E-state index contributed by atoms with van der Waals surface area (Å²) in [6.07, 6.45) is 8.42. The zero-order valence-electron chi connectivity index (χ0n) is 13.8. The summed E-state index contributed by atoms with van der Waals surface area (Å²) in [7, 11) is 1.72. The molecule has 0 saturated heterocycles. The number of rotatable bonds is 3. The van der Waals surface area contributed by atoms with Crippen LogP contribution in [-0.2, 0) is 18.4 Å². The summed E-state index contributed by atoms with van der Waals surface area (Å²) in [6, 6.07) is 0. The van der Waals surface area contributed by atoms with E-state index in [2.05, 4.69) is 15.4 Å². The van der Waals surface area contributed by atoms with Crippen LogP contribution in [0, 0.1) is 23.2 Å². The van der Waals surface area contributed by atoms with Gasteiger partial charge in [0.1, 0.15) is 11.9 Å². The first-order valence-corrected chi connectivity index (χ1v) is 8.83. The number of nitrogens with zero attached hydrogens (tertiary/aromatic N) is 5. The Bertz CT molecular complexity index is 861. The molecule has 0 radical (unpaired) electrons. The molecular weight excluding hydrogens is 306 g/mol. The van der Waals surface area contributed by atoms with Gasteiger partial charge in [-0.2, -0.15) is 5.10 Å². The molecule has 4 fully saturated rings. The molecule has 0 spiro atoms. The lowest BCUT2D eigenvalue weighted by atomic mass is 9.48. The Hall–Kier alpha value is -2.05. The van der Waals surface area contributed by atoms with Gasteiger partial charge in [0.2, 0.25) is 0 Å². The maximum Gasteiger partial charge on any atom is 0.281 e. The van der Waals surface area contributed by atoms with Gasteiger partial charge in [-0.1, -0.05) is 5.21 Å². The van der Waals surface area contributed by atoms with Crippen molar-refractivity contribution in [1.82, 2.24) is 24.8 Å². The summed E-state index contributed by atoms with van der Waals surface area (Å²) >= 11 is 0. The second-order valence-corrected chi connectivity index (χ2v) is 8.18. The summed E-state index contributed by atoms with van der Waals surface area (Å²) < 4.78 is 2.75. The normalized spacial score (nSPS) is 34.1. The third-order valence-electron chi connectivity index (χ3n) is 6.54. The summed E-state index contributed by atoms with van der Waals surface area (Å²) in [5.74, 6) is 2.32. The third kappa shape index (κ3) is 1.93. The molecule has 2 aromatic rings. The molecule has 4 aliphatic rings. The number of aromatic nitrogens is 5. The Morgan fingerprint density at radius 2 is 1.83 bits per heavy atom. The molecule has 0 amide bonds. The number of ketones is 1. The van der Waals surface area contributed by atoms with Gasteiger partial charge in [-0.05, 0) is 56.3 Å². The van der Waals surface area contributed by atoms with E-state index < -0.39 is 0 Å². The van der Waals surface area contributed by atoms with Crippen molar-refractivity contribution in [2.45, 2.75) is 45.1 Å². The SMILES string of the molecule is Cn1ncc2c(=O)n(CC(=O)C34CC5CC(CC(C5)C3)C4)nnc21. The number of hydrogen-bond donors (Lipinski definition) is 0. The molecule has 7 nitrogen and oxygen atoms in total.